The van der Waals surface area contributed by atoms with Crippen molar-refractivity contribution in [1.29, 1.82) is 0 Å². The second kappa shape index (κ2) is 12.1. The largest absolute Gasteiger partial charge is 0.325 e. The molecule has 40 heavy (non-hydrogen) atoms. The Balaban J connectivity index is 1.54. The number of hydrogen-bond acceptors (Lipinski definition) is 5. The van der Waals surface area contributed by atoms with E-state index in [1.165, 1.54) is 60.7 Å². The highest BCUT2D eigenvalue weighted by molar-refractivity contribution is 7.93. The Morgan fingerprint density at radius 2 is 1.40 bits per heavy atom. The first-order chi connectivity index (χ1) is 18.9. The van der Waals surface area contributed by atoms with Crippen LogP contribution in [0.2, 0.25) is 15.1 Å². The summed E-state index contributed by atoms with van der Waals surface area (Å²) < 4.78 is 56.1. The minimum Gasteiger partial charge on any atom is -0.325 e. The first kappa shape index (κ1) is 29.7. The second-order valence-electron chi connectivity index (χ2n) is 8.53. The molecule has 208 valence electrons. The van der Waals surface area contributed by atoms with E-state index in [1.807, 2.05) is 0 Å². The molecule has 1 amide bonds. The lowest BCUT2D eigenvalue weighted by molar-refractivity contribution is -0.114. The number of para-hydroxylation sites is 1. The van der Waals surface area contributed by atoms with Crippen molar-refractivity contribution in [2.24, 2.45) is 0 Å². The molecule has 8 nitrogen and oxygen atoms in total. The van der Waals surface area contributed by atoms with Gasteiger partial charge in [0.05, 0.1) is 31.2 Å². The molecule has 0 heterocycles. The van der Waals surface area contributed by atoms with E-state index in [2.05, 4.69) is 10.0 Å². The van der Waals surface area contributed by atoms with Gasteiger partial charge in [-0.2, -0.15) is 0 Å². The van der Waals surface area contributed by atoms with Crippen LogP contribution in [-0.4, -0.2) is 29.3 Å². The Morgan fingerprint density at radius 3 is 2.05 bits per heavy atom. The summed E-state index contributed by atoms with van der Waals surface area (Å²) in [5.74, 6) is -0.639. The summed E-state index contributed by atoms with van der Waals surface area (Å²) in [6.07, 6.45) is 0. The monoisotopic (exact) mass is 637 g/mol. The molecule has 4 rings (SSSR count). The van der Waals surface area contributed by atoms with E-state index in [1.54, 1.807) is 37.3 Å². The Bertz CT molecular complexity index is 1760. The predicted octanol–water partition coefficient (Wildman–Crippen LogP) is 6.59. The van der Waals surface area contributed by atoms with Crippen molar-refractivity contribution in [3.63, 3.8) is 0 Å². The van der Waals surface area contributed by atoms with E-state index in [0.717, 1.165) is 4.31 Å². The van der Waals surface area contributed by atoms with Gasteiger partial charge < -0.3 is 5.32 Å². The van der Waals surface area contributed by atoms with Crippen molar-refractivity contribution in [3.8, 4) is 0 Å². The highest BCUT2D eigenvalue weighted by Crippen LogP contribution is 2.31. The van der Waals surface area contributed by atoms with Crippen LogP contribution in [0.25, 0.3) is 0 Å². The fraction of sp³-hybridized carbons (Fsp3) is 0.0741. The fourth-order valence-electron chi connectivity index (χ4n) is 3.71. The van der Waals surface area contributed by atoms with Gasteiger partial charge in [-0.3, -0.25) is 13.8 Å². The number of nitrogens with one attached hydrogen (secondary N) is 2. The summed E-state index contributed by atoms with van der Waals surface area (Å²) in [5, 5.41) is 3.24. The van der Waals surface area contributed by atoms with Gasteiger partial charge in [0.15, 0.2) is 0 Å². The molecule has 0 fully saturated rings. The van der Waals surface area contributed by atoms with Crippen molar-refractivity contribution in [2.75, 3.05) is 20.9 Å². The topological polar surface area (TPSA) is 113 Å². The fourth-order valence-corrected chi connectivity index (χ4v) is 6.80. The summed E-state index contributed by atoms with van der Waals surface area (Å²) in [7, 11) is -8.15. The van der Waals surface area contributed by atoms with E-state index < -0.39 is 32.5 Å². The molecule has 0 aliphatic heterocycles. The zero-order valence-electron chi connectivity index (χ0n) is 20.8. The second-order valence-corrected chi connectivity index (χ2v) is 13.3. The van der Waals surface area contributed by atoms with Crippen molar-refractivity contribution < 1.29 is 21.6 Å². The van der Waals surface area contributed by atoms with Crippen LogP contribution >= 0.6 is 34.8 Å². The molecule has 0 aliphatic rings. The van der Waals surface area contributed by atoms with Crippen molar-refractivity contribution in [3.05, 3.63) is 112 Å². The maximum Gasteiger partial charge on any atom is 0.264 e. The lowest BCUT2D eigenvalue weighted by Crippen LogP contribution is -2.38. The molecule has 0 bridgehead atoms. The smallest absolute Gasteiger partial charge is 0.264 e. The van der Waals surface area contributed by atoms with E-state index in [4.69, 9.17) is 34.8 Å². The van der Waals surface area contributed by atoms with Gasteiger partial charge in [0.2, 0.25) is 5.91 Å². The van der Waals surface area contributed by atoms with E-state index in [-0.39, 0.29) is 31.2 Å². The predicted molar refractivity (Wildman–Crippen MR) is 160 cm³/mol. The highest BCUT2D eigenvalue weighted by Gasteiger charge is 2.28. The molecular weight excluding hydrogens is 617 g/mol. The Labute approximate surface area is 247 Å². The number of nitrogens with zero attached hydrogens (tertiary/aromatic N) is 1. The summed E-state index contributed by atoms with van der Waals surface area (Å²) in [6, 6.07) is 22.3. The van der Waals surface area contributed by atoms with Crippen molar-refractivity contribution in [1.82, 2.24) is 0 Å². The number of hydrogen-bond donors (Lipinski definition) is 2. The molecule has 13 heteroatoms. The summed E-state index contributed by atoms with van der Waals surface area (Å²) in [4.78, 5) is 12.9. The first-order valence-electron chi connectivity index (χ1n) is 11.6. The Kier molecular flexibility index (Phi) is 8.96. The number of rotatable bonds is 9. The van der Waals surface area contributed by atoms with Crippen LogP contribution in [0.4, 0.5) is 17.1 Å². The number of carbonyl (C=O) groups is 1. The third-order valence-electron chi connectivity index (χ3n) is 5.72. The van der Waals surface area contributed by atoms with E-state index in [9.17, 15) is 21.6 Å². The molecule has 0 aromatic heterocycles. The van der Waals surface area contributed by atoms with Gasteiger partial charge in [-0.25, -0.2) is 16.8 Å². The standard InChI is InChI=1S/C27H22Cl3N3O5S2/c1-18-5-2-3-8-25(18)33(40(37,38)22-13-9-19(28)10-14-22)17-26(34)31-20-11-15-21(16-12-20)39(35,36)32-24-7-4-6-23(29)27(24)30/h2-16,32H,17H2,1H3,(H,31,34). The zero-order valence-corrected chi connectivity index (χ0v) is 24.7. The number of aryl methyl sites for hydroxylation is 1. The molecule has 0 saturated heterocycles. The van der Waals surface area contributed by atoms with Gasteiger partial charge in [-0.15, -0.1) is 0 Å². The molecule has 0 unspecified atom stereocenters. The van der Waals surface area contributed by atoms with Gasteiger partial charge in [0, 0.05) is 10.7 Å². The zero-order chi connectivity index (χ0) is 29.1. The highest BCUT2D eigenvalue weighted by atomic mass is 35.5. The number of carbonyl (C=O) groups excluding carboxylic acids is 1. The molecule has 4 aromatic rings. The average Bonchev–Trinajstić information content (AvgIpc) is 2.91. The molecule has 2 N–H and O–H groups in total. The summed E-state index contributed by atoms with van der Waals surface area (Å²) >= 11 is 18.0. The average molecular weight is 639 g/mol. The molecule has 4 aromatic carbocycles. The van der Waals surface area contributed by atoms with Crippen LogP contribution in [0.3, 0.4) is 0 Å². The van der Waals surface area contributed by atoms with Gasteiger partial charge >= 0.3 is 0 Å². The molecule has 0 radical (unpaired) electrons. The SMILES string of the molecule is Cc1ccccc1N(CC(=O)Nc1ccc(S(=O)(=O)Nc2cccc(Cl)c2Cl)cc1)S(=O)(=O)c1ccc(Cl)cc1. The third kappa shape index (κ3) is 6.71. The van der Waals surface area contributed by atoms with Gasteiger partial charge in [-0.05, 0) is 79.2 Å². The number of benzene rings is 4. The molecule has 0 aliphatic carbocycles. The third-order valence-corrected chi connectivity index (χ3v) is 9.94. The van der Waals surface area contributed by atoms with Crippen LogP contribution in [-0.2, 0) is 24.8 Å². The van der Waals surface area contributed by atoms with Crippen molar-refractivity contribution in [2.45, 2.75) is 16.7 Å². The van der Waals surface area contributed by atoms with E-state index >= 15 is 0 Å². The summed E-state index contributed by atoms with van der Waals surface area (Å²) in [5.41, 5.74) is 1.36. The number of sulfonamides is 2. The molecule has 0 saturated carbocycles. The molecule has 0 spiro atoms. The van der Waals surface area contributed by atoms with Crippen LogP contribution in [0, 0.1) is 6.92 Å². The maximum atomic E-state index is 13.5. The number of anilines is 3. The summed E-state index contributed by atoms with van der Waals surface area (Å²) in [6.45, 7) is 1.20. The number of amides is 1. The molecular formula is C27H22Cl3N3O5S2. The quantitative estimate of drug-likeness (QED) is 0.215. The van der Waals surface area contributed by atoms with Crippen LogP contribution < -0.4 is 14.3 Å². The first-order valence-corrected chi connectivity index (χ1v) is 15.6. The number of halogens is 3. The lowest BCUT2D eigenvalue weighted by atomic mass is 10.2. The Morgan fingerprint density at radius 1 is 0.775 bits per heavy atom. The van der Waals surface area contributed by atoms with Gasteiger partial charge in [0.25, 0.3) is 20.0 Å². The molecule has 0 atom stereocenters. The van der Waals surface area contributed by atoms with Gasteiger partial charge in [-0.1, -0.05) is 59.1 Å². The van der Waals surface area contributed by atoms with Crippen LogP contribution in [0.15, 0.2) is 101 Å². The Hall–Kier alpha value is -3.28. The van der Waals surface area contributed by atoms with Crippen LogP contribution in [0.5, 0.6) is 0 Å². The maximum absolute atomic E-state index is 13.5. The van der Waals surface area contributed by atoms with Crippen LogP contribution in [0.1, 0.15) is 5.56 Å². The lowest BCUT2D eigenvalue weighted by Gasteiger charge is -2.25. The minimum absolute atomic E-state index is 0.0326. The van der Waals surface area contributed by atoms with E-state index in [0.29, 0.717) is 16.3 Å². The normalized spacial score (nSPS) is 11.6. The van der Waals surface area contributed by atoms with Gasteiger partial charge in [0.1, 0.15) is 6.54 Å². The van der Waals surface area contributed by atoms with Crippen molar-refractivity contribution >= 4 is 77.8 Å². The minimum atomic E-state index is -4.14.